The molecule has 2 aromatic heterocycles. The Morgan fingerprint density at radius 2 is 1.81 bits per heavy atom. The molecular formula is C24H25N5O3. The van der Waals surface area contributed by atoms with Gasteiger partial charge in [0.2, 0.25) is 5.88 Å². The van der Waals surface area contributed by atoms with Gasteiger partial charge in [-0.25, -0.2) is 4.98 Å². The Hall–Kier alpha value is -3.78. The molecule has 0 saturated heterocycles. The number of pyridine rings is 1. The minimum Gasteiger partial charge on any atom is -0.438 e. The number of nitrogens with zero attached hydrogens (tertiary/aromatic N) is 4. The molecule has 0 saturated carbocycles. The Morgan fingerprint density at radius 3 is 2.53 bits per heavy atom. The molecule has 0 bridgehead atoms. The third-order valence-electron chi connectivity index (χ3n) is 5.15. The second-order valence-corrected chi connectivity index (χ2v) is 8.17. The summed E-state index contributed by atoms with van der Waals surface area (Å²) < 4.78 is 5.91. The molecule has 1 amide bonds. The predicted octanol–water partition coefficient (Wildman–Crippen LogP) is 3.87. The molecule has 8 nitrogen and oxygen atoms in total. The van der Waals surface area contributed by atoms with Crippen molar-refractivity contribution in [3.63, 3.8) is 0 Å². The number of amides is 1. The highest BCUT2D eigenvalue weighted by atomic mass is 16.5. The zero-order valence-corrected chi connectivity index (χ0v) is 18.4. The molecule has 4 aromatic rings. The monoisotopic (exact) mass is 431 g/mol. The number of hydrogen-bond acceptors (Lipinski definition) is 6. The van der Waals surface area contributed by atoms with E-state index in [-0.39, 0.29) is 17.8 Å². The van der Waals surface area contributed by atoms with Crippen LogP contribution in [0.5, 0.6) is 11.6 Å². The first kappa shape index (κ1) is 21.5. The van der Waals surface area contributed by atoms with Gasteiger partial charge in [-0.3, -0.25) is 4.79 Å². The normalized spacial score (nSPS) is 12.5. The SMILES string of the molecule is CC(NC(=O)c1cccnc1Oc1ccc2nn(C)nc2c1)c1ccc(C(C)(C)O)cc1. The maximum Gasteiger partial charge on any atom is 0.257 e. The van der Waals surface area contributed by atoms with E-state index in [4.69, 9.17) is 4.74 Å². The summed E-state index contributed by atoms with van der Waals surface area (Å²) in [6, 6.07) is 16.0. The van der Waals surface area contributed by atoms with Crippen LogP contribution in [-0.4, -0.2) is 31.0 Å². The van der Waals surface area contributed by atoms with Crippen LogP contribution in [0.15, 0.2) is 60.8 Å². The van der Waals surface area contributed by atoms with E-state index < -0.39 is 5.60 Å². The Kier molecular flexibility index (Phi) is 5.63. The van der Waals surface area contributed by atoms with Gasteiger partial charge in [0, 0.05) is 19.3 Å². The Balaban J connectivity index is 1.51. The highest BCUT2D eigenvalue weighted by Crippen LogP contribution is 2.26. The number of rotatable bonds is 6. The van der Waals surface area contributed by atoms with E-state index in [1.807, 2.05) is 31.2 Å². The molecule has 1 atom stereocenters. The molecular weight excluding hydrogens is 406 g/mol. The van der Waals surface area contributed by atoms with Crippen molar-refractivity contribution in [2.24, 2.45) is 7.05 Å². The van der Waals surface area contributed by atoms with Crippen molar-refractivity contribution in [1.82, 2.24) is 25.3 Å². The number of aliphatic hydroxyl groups is 1. The fourth-order valence-corrected chi connectivity index (χ4v) is 3.36. The van der Waals surface area contributed by atoms with Gasteiger partial charge in [0.1, 0.15) is 22.3 Å². The van der Waals surface area contributed by atoms with Crippen molar-refractivity contribution in [3.8, 4) is 11.6 Å². The van der Waals surface area contributed by atoms with Crippen LogP contribution < -0.4 is 10.1 Å². The summed E-state index contributed by atoms with van der Waals surface area (Å²) >= 11 is 0. The fraction of sp³-hybridized carbons (Fsp3) is 0.250. The van der Waals surface area contributed by atoms with Crippen LogP contribution in [0.4, 0.5) is 0 Å². The van der Waals surface area contributed by atoms with E-state index in [9.17, 15) is 9.90 Å². The number of benzene rings is 2. The number of ether oxygens (including phenoxy) is 1. The summed E-state index contributed by atoms with van der Waals surface area (Å²) in [4.78, 5) is 18.7. The predicted molar refractivity (Wildman–Crippen MR) is 120 cm³/mol. The third kappa shape index (κ3) is 4.60. The molecule has 0 radical (unpaired) electrons. The van der Waals surface area contributed by atoms with Crippen LogP contribution in [0.3, 0.4) is 0 Å². The molecule has 0 aliphatic carbocycles. The molecule has 4 rings (SSSR count). The summed E-state index contributed by atoms with van der Waals surface area (Å²) in [6.07, 6.45) is 1.58. The third-order valence-corrected chi connectivity index (χ3v) is 5.15. The van der Waals surface area contributed by atoms with Gasteiger partial charge in [-0.2, -0.15) is 15.0 Å². The first-order chi connectivity index (χ1) is 15.2. The first-order valence-electron chi connectivity index (χ1n) is 10.3. The molecule has 1 unspecified atom stereocenters. The lowest BCUT2D eigenvalue weighted by Gasteiger charge is -2.20. The molecule has 2 heterocycles. The van der Waals surface area contributed by atoms with Crippen molar-refractivity contribution in [3.05, 3.63) is 77.5 Å². The maximum atomic E-state index is 13.0. The van der Waals surface area contributed by atoms with E-state index in [2.05, 4.69) is 20.5 Å². The number of carbonyl (C=O) groups excluding carboxylic acids is 1. The molecule has 164 valence electrons. The summed E-state index contributed by atoms with van der Waals surface area (Å²) in [7, 11) is 1.75. The second-order valence-electron chi connectivity index (χ2n) is 8.17. The highest BCUT2D eigenvalue weighted by Gasteiger charge is 2.19. The van der Waals surface area contributed by atoms with Gasteiger partial charge in [-0.15, -0.1) is 0 Å². The maximum absolute atomic E-state index is 13.0. The molecule has 0 aliphatic heterocycles. The molecule has 32 heavy (non-hydrogen) atoms. The standard InChI is InChI=1S/C24H25N5O3/c1-15(16-7-9-17(10-8-16)24(2,3)31)26-22(30)19-6-5-13-25-23(19)32-18-11-12-20-21(14-18)28-29(4)27-20/h5-15,31H,1-4H3,(H,26,30). The van der Waals surface area contributed by atoms with Gasteiger partial charge >= 0.3 is 0 Å². The lowest BCUT2D eigenvalue weighted by Crippen LogP contribution is -2.27. The van der Waals surface area contributed by atoms with Gasteiger partial charge in [0.25, 0.3) is 5.91 Å². The molecule has 0 fully saturated rings. The Morgan fingerprint density at radius 1 is 1.09 bits per heavy atom. The van der Waals surface area contributed by atoms with Crippen molar-refractivity contribution in [2.75, 3.05) is 0 Å². The summed E-state index contributed by atoms with van der Waals surface area (Å²) in [5, 5.41) is 21.6. The van der Waals surface area contributed by atoms with Crippen LogP contribution in [0.1, 0.15) is 48.3 Å². The van der Waals surface area contributed by atoms with Crippen LogP contribution in [0.25, 0.3) is 11.0 Å². The Bertz CT molecular complexity index is 1260. The zero-order chi connectivity index (χ0) is 22.9. The molecule has 2 aromatic carbocycles. The lowest BCUT2D eigenvalue weighted by molar-refractivity contribution is 0.0785. The minimum absolute atomic E-state index is 0.206. The smallest absolute Gasteiger partial charge is 0.257 e. The van der Waals surface area contributed by atoms with Crippen molar-refractivity contribution >= 4 is 16.9 Å². The Labute approximate surface area is 185 Å². The van der Waals surface area contributed by atoms with Crippen LogP contribution >= 0.6 is 0 Å². The number of nitrogens with one attached hydrogen (secondary N) is 1. The van der Waals surface area contributed by atoms with E-state index in [0.717, 1.165) is 16.6 Å². The quantitative estimate of drug-likeness (QED) is 0.480. The van der Waals surface area contributed by atoms with Gasteiger partial charge in [-0.05, 0) is 56.2 Å². The van der Waals surface area contributed by atoms with Gasteiger partial charge in [-0.1, -0.05) is 24.3 Å². The second kappa shape index (κ2) is 8.39. The molecule has 0 spiro atoms. The molecule has 2 N–H and O–H groups in total. The average Bonchev–Trinajstić information content (AvgIpc) is 3.13. The van der Waals surface area contributed by atoms with E-state index >= 15 is 0 Å². The largest absolute Gasteiger partial charge is 0.438 e. The van der Waals surface area contributed by atoms with Gasteiger partial charge in [0.05, 0.1) is 11.6 Å². The van der Waals surface area contributed by atoms with Gasteiger partial charge in [0.15, 0.2) is 0 Å². The summed E-state index contributed by atoms with van der Waals surface area (Å²) in [5.41, 5.74) is 2.58. The van der Waals surface area contributed by atoms with Crippen molar-refractivity contribution in [1.29, 1.82) is 0 Å². The molecule has 8 heteroatoms. The fourth-order valence-electron chi connectivity index (χ4n) is 3.36. The number of hydrogen-bond donors (Lipinski definition) is 2. The number of fused-ring (bicyclic) bond motifs is 1. The highest BCUT2D eigenvalue weighted by molar-refractivity contribution is 5.96. The number of carbonyl (C=O) groups is 1. The minimum atomic E-state index is -0.915. The first-order valence-corrected chi connectivity index (χ1v) is 10.3. The van der Waals surface area contributed by atoms with Gasteiger partial charge < -0.3 is 15.2 Å². The van der Waals surface area contributed by atoms with E-state index in [1.54, 1.807) is 57.4 Å². The van der Waals surface area contributed by atoms with E-state index in [1.165, 1.54) is 4.80 Å². The van der Waals surface area contributed by atoms with Crippen molar-refractivity contribution < 1.29 is 14.6 Å². The lowest BCUT2D eigenvalue weighted by atomic mass is 9.96. The van der Waals surface area contributed by atoms with Crippen molar-refractivity contribution in [2.45, 2.75) is 32.4 Å². The van der Waals surface area contributed by atoms with Crippen LogP contribution in [0, 0.1) is 0 Å². The number of aryl methyl sites for hydroxylation is 1. The molecule has 0 aliphatic rings. The topological polar surface area (TPSA) is 102 Å². The van der Waals surface area contributed by atoms with E-state index in [0.29, 0.717) is 16.8 Å². The summed E-state index contributed by atoms with van der Waals surface area (Å²) in [5.74, 6) is 0.423. The summed E-state index contributed by atoms with van der Waals surface area (Å²) in [6.45, 7) is 5.37. The van der Waals surface area contributed by atoms with Crippen LogP contribution in [0.2, 0.25) is 0 Å². The van der Waals surface area contributed by atoms with Crippen LogP contribution in [-0.2, 0) is 12.6 Å². The average molecular weight is 431 g/mol. The zero-order valence-electron chi connectivity index (χ0n) is 18.4. The number of aromatic nitrogens is 4.